The number of nitrogens with zero attached hydrogens (tertiary/aromatic N) is 1. The molecule has 28 heavy (non-hydrogen) atoms. The van der Waals surface area contributed by atoms with Crippen molar-refractivity contribution < 1.29 is 31.7 Å². The Morgan fingerprint density at radius 2 is 1.89 bits per heavy atom. The molecule has 6 nitrogen and oxygen atoms in total. The van der Waals surface area contributed by atoms with E-state index in [0.29, 0.717) is 32.1 Å². The SMILES string of the molecule is CC(C)C[NH+]1CCO[C@H](C[NH+]2CCN(S(=O)(=O)c3cc(F)ccc3F)CC2)C1. The summed E-state index contributed by atoms with van der Waals surface area (Å²) in [5, 5.41) is 0. The van der Waals surface area contributed by atoms with Gasteiger partial charge in [-0.15, -0.1) is 0 Å². The highest BCUT2D eigenvalue weighted by Gasteiger charge is 2.35. The average Bonchev–Trinajstić information content (AvgIpc) is 2.64. The number of hydrogen-bond donors (Lipinski definition) is 2. The summed E-state index contributed by atoms with van der Waals surface area (Å²) in [6, 6.07) is 2.53. The average molecular weight is 420 g/mol. The first-order valence-corrected chi connectivity index (χ1v) is 11.4. The molecule has 0 amide bonds. The van der Waals surface area contributed by atoms with Crippen LogP contribution >= 0.6 is 0 Å². The molecular formula is C19H31F2N3O3S+2. The Hall–Kier alpha value is -1.13. The highest BCUT2D eigenvalue weighted by atomic mass is 32.2. The molecule has 0 bridgehead atoms. The van der Waals surface area contributed by atoms with Crippen LogP contribution in [-0.4, -0.2) is 77.8 Å². The van der Waals surface area contributed by atoms with Crippen molar-refractivity contribution in [1.29, 1.82) is 0 Å². The zero-order valence-corrected chi connectivity index (χ0v) is 17.4. The first-order valence-electron chi connectivity index (χ1n) is 9.99. The van der Waals surface area contributed by atoms with Crippen LogP contribution in [0.1, 0.15) is 13.8 Å². The lowest BCUT2D eigenvalue weighted by Crippen LogP contribution is -3.19. The Bertz CT molecular complexity index is 768. The van der Waals surface area contributed by atoms with Crippen molar-refractivity contribution in [2.75, 3.05) is 59.0 Å². The van der Waals surface area contributed by atoms with Crippen LogP contribution in [-0.2, 0) is 14.8 Å². The molecule has 158 valence electrons. The molecule has 1 aromatic rings. The summed E-state index contributed by atoms with van der Waals surface area (Å²) >= 11 is 0. The standard InChI is InChI=1S/C19H29F2N3O3S/c1-15(2)12-23-9-10-27-17(14-23)13-22-5-7-24(8-6-22)28(25,26)19-11-16(20)3-4-18(19)21/h3-4,11,15,17H,5-10,12-14H2,1-2H3/p+2/t17-/m1/s1. The zero-order valence-electron chi connectivity index (χ0n) is 16.6. The van der Waals surface area contributed by atoms with Crippen LogP contribution in [0.5, 0.6) is 0 Å². The van der Waals surface area contributed by atoms with E-state index in [1.807, 2.05) is 0 Å². The summed E-state index contributed by atoms with van der Waals surface area (Å²) < 4.78 is 59.9. The van der Waals surface area contributed by atoms with Gasteiger partial charge in [0.25, 0.3) is 0 Å². The molecule has 1 aromatic carbocycles. The number of piperazine rings is 1. The molecule has 2 atom stereocenters. The van der Waals surface area contributed by atoms with Gasteiger partial charge in [0, 0.05) is 5.92 Å². The number of sulfonamides is 1. The number of ether oxygens (including phenoxy) is 1. The molecular weight excluding hydrogens is 388 g/mol. The third kappa shape index (κ3) is 5.27. The van der Waals surface area contributed by atoms with Crippen LogP contribution < -0.4 is 9.80 Å². The Morgan fingerprint density at radius 3 is 2.57 bits per heavy atom. The first kappa shape index (κ1) is 21.6. The summed E-state index contributed by atoms with van der Waals surface area (Å²) in [6.07, 6.45) is 0.182. The first-order chi connectivity index (χ1) is 13.3. The minimum atomic E-state index is -4.02. The predicted octanol–water partition coefficient (Wildman–Crippen LogP) is -1.21. The largest absolute Gasteiger partial charge is 0.361 e. The van der Waals surface area contributed by atoms with E-state index in [2.05, 4.69) is 13.8 Å². The fourth-order valence-corrected chi connectivity index (χ4v) is 5.65. The van der Waals surface area contributed by atoms with Gasteiger partial charge < -0.3 is 14.5 Å². The topological polar surface area (TPSA) is 55.5 Å². The Morgan fingerprint density at radius 1 is 1.18 bits per heavy atom. The van der Waals surface area contributed by atoms with E-state index in [9.17, 15) is 17.2 Å². The number of nitrogens with one attached hydrogen (secondary N) is 2. The fraction of sp³-hybridized carbons (Fsp3) is 0.684. The Balaban J connectivity index is 1.55. The van der Waals surface area contributed by atoms with E-state index in [1.165, 1.54) is 9.21 Å². The molecule has 2 aliphatic rings. The minimum Gasteiger partial charge on any atom is -0.361 e. The van der Waals surface area contributed by atoms with Gasteiger partial charge in [-0.3, -0.25) is 0 Å². The lowest BCUT2D eigenvalue weighted by Gasteiger charge is -2.36. The van der Waals surface area contributed by atoms with Crippen molar-refractivity contribution in [3.05, 3.63) is 29.8 Å². The molecule has 2 fully saturated rings. The molecule has 0 spiro atoms. The summed E-state index contributed by atoms with van der Waals surface area (Å²) in [6.45, 7) is 11.1. The van der Waals surface area contributed by atoms with Crippen molar-refractivity contribution in [2.45, 2.75) is 24.8 Å². The molecule has 0 radical (unpaired) electrons. The molecule has 1 unspecified atom stereocenters. The highest BCUT2D eigenvalue weighted by Crippen LogP contribution is 2.20. The van der Waals surface area contributed by atoms with Gasteiger partial charge in [-0.05, 0) is 18.2 Å². The number of rotatable bonds is 6. The Kier molecular flexibility index (Phi) is 7.03. The summed E-state index contributed by atoms with van der Waals surface area (Å²) in [7, 11) is -4.02. The summed E-state index contributed by atoms with van der Waals surface area (Å²) in [5.74, 6) is -1.02. The quantitative estimate of drug-likeness (QED) is 0.609. The van der Waals surface area contributed by atoms with Crippen molar-refractivity contribution in [2.24, 2.45) is 5.92 Å². The second-order valence-electron chi connectivity index (χ2n) is 8.23. The maximum absolute atomic E-state index is 13.9. The van der Waals surface area contributed by atoms with Crippen LogP contribution in [0.15, 0.2) is 23.1 Å². The monoisotopic (exact) mass is 419 g/mol. The summed E-state index contributed by atoms with van der Waals surface area (Å²) in [5.41, 5.74) is 0. The Labute approximate surface area is 166 Å². The van der Waals surface area contributed by atoms with Gasteiger partial charge in [-0.2, -0.15) is 4.31 Å². The van der Waals surface area contributed by atoms with Crippen LogP contribution in [0.4, 0.5) is 8.78 Å². The van der Waals surface area contributed by atoms with Crippen LogP contribution in [0.25, 0.3) is 0 Å². The van der Waals surface area contributed by atoms with E-state index < -0.39 is 26.6 Å². The number of morpholine rings is 1. The van der Waals surface area contributed by atoms with Crippen molar-refractivity contribution in [3.63, 3.8) is 0 Å². The number of halogens is 2. The van der Waals surface area contributed by atoms with Crippen molar-refractivity contribution in [1.82, 2.24) is 4.31 Å². The molecule has 0 saturated carbocycles. The maximum Gasteiger partial charge on any atom is 0.246 e. The highest BCUT2D eigenvalue weighted by molar-refractivity contribution is 7.89. The zero-order chi connectivity index (χ0) is 20.3. The van der Waals surface area contributed by atoms with Crippen LogP contribution in [0.3, 0.4) is 0 Å². The van der Waals surface area contributed by atoms with Crippen molar-refractivity contribution in [3.8, 4) is 0 Å². The van der Waals surface area contributed by atoms with E-state index in [0.717, 1.165) is 51.0 Å². The van der Waals surface area contributed by atoms with Gasteiger partial charge in [-0.25, -0.2) is 17.2 Å². The van der Waals surface area contributed by atoms with Crippen LogP contribution in [0.2, 0.25) is 0 Å². The third-order valence-corrected chi connectivity index (χ3v) is 7.39. The maximum atomic E-state index is 13.9. The lowest BCUT2D eigenvalue weighted by atomic mass is 10.1. The molecule has 0 aromatic heterocycles. The second-order valence-corrected chi connectivity index (χ2v) is 10.1. The lowest BCUT2D eigenvalue weighted by molar-refractivity contribution is -0.935. The van der Waals surface area contributed by atoms with Gasteiger partial charge in [0.1, 0.15) is 36.2 Å². The second kappa shape index (κ2) is 9.13. The summed E-state index contributed by atoms with van der Waals surface area (Å²) in [4.78, 5) is 2.27. The predicted molar refractivity (Wildman–Crippen MR) is 101 cm³/mol. The molecule has 0 aliphatic carbocycles. The van der Waals surface area contributed by atoms with Crippen molar-refractivity contribution >= 4 is 10.0 Å². The minimum absolute atomic E-state index is 0.182. The van der Waals surface area contributed by atoms with Gasteiger partial charge in [-0.1, -0.05) is 13.8 Å². The third-order valence-electron chi connectivity index (χ3n) is 5.48. The van der Waals surface area contributed by atoms with E-state index in [4.69, 9.17) is 4.74 Å². The van der Waals surface area contributed by atoms with E-state index in [-0.39, 0.29) is 6.10 Å². The number of quaternary nitrogens is 2. The molecule has 2 saturated heterocycles. The molecule has 2 aliphatic heterocycles. The molecule has 9 heteroatoms. The molecule has 2 heterocycles. The normalized spacial score (nSPS) is 25.3. The van der Waals surface area contributed by atoms with Gasteiger partial charge in [0.05, 0.1) is 39.3 Å². The van der Waals surface area contributed by atoms with Crippen LogP contribution in [0, 0.1) is 17.6 Å². The van der Waals surface area contributed by atoms with E-state index in [1.54, 1.807) is 4.90 Å². The fourth-order valence-electron chi connectivity index (χ4n) is 4.13. The smallest absolute Gasteiger partial charge is 0.246 e. The van der Waals surface area contributed by atoms with Gasteiger partial charge >= 0.3 is 0 Å². The molecule has 2 N–H and O–H groups in total. The van der Waals surface area contributed by atoms with Gasteiger partial charge in [0.15, 0.2) is 6.10 Å². The number of benzene rings is 1. The van der Waals surface area contributed by atoms with E-state index >= 15 is 0 Å². The molecule has 3 rings (SSSR count). The number of hydrogen-bond acceptors (Lipinski definition) is 3. The van der Waals surface area contributed by atoms with Gasteiger partial charge in [0.2, 0.25) is 10.0 Å².